The van der Waals surface area contributed by atoms with Crippen LogP contribution in [0.25, 0.3) is 11.4 Å². The summed E-state index contributed by atoms with van der Waals surface area (Å²) in [6, 6.07) is 13.6. The number of hydrogen-bond donors (Lipinski definition) is 1. The van der Waals surface area contributed by atoms with Crippen molar-refractivity contribution in [2.75, 3.05) is 5.73 Å². The smallest absolute Gasteiger partial charge is 0.185 e. The van der Waals surface area contributed by atoms with Gasteiger partial charge in [0.1, 0.15) is 0 Å². The van der Waals surface area contributed by atoms with E-state index in [1.165, 1.54) is 5.56 Å². The topological polar surface area (TPSA) is 69.6 Å². The fourth-order valence-corrected chi connectivity index (χ4v) is 2.52. The number of nitrogen functional groups attached to an aromatic ring is 1. The quantitative estimate of drug-likeness (QED) is 0.755. The van der Waals surface area contributed by atoms with E-state index >= 15 is 0 Å². The SMILES string of the molecule is Cc1cccc(Cn2nnnc2-c2c(N)cccc2Cl)c1. The number of aryl methyl sites for hydroxylation is 1. The van der Waals surface area contributed by atoms with E-state index in [0.717, 1.165) is 5.56 Å². The maximum absolute atomic E-state index is 6.23. The lowest BCUT2D eigenvalue weighted by Gasteiger charge is -2.09. The molecule has 2 aromatic carbocycles. The number of tetrazole rings is 1. The largest absolute Gasteiger partial charge is 0.398 e. The Morgan fingerprint density at radius 2 is 2.00 bits per heavy atom. The van der Waals surface area contributed by atoms with Crippen LogP contribution in [0.5, 0.6) is 0 Å². The number of halogens is 1. The van der Waals surface area contributed by atoms with Gasteiger partial charge in [-0.3, -0.25) is 0 Å². The van der Waals surface area contributed by atoms with Crippen molar-refractivity contribution in [1.82, 2.24) is 20.2 Å². The number of hydrogen-bond acceptors (Lipinski definition) is 4. The van der Waals surface area contributed by atoms with Crippen molar-refractivity contribution in [1.29, 1.82) is 0 Å². The molecule has 6 heteroatoms. The van der Waals surface area contributed by atoms with E-state index in [9.17, 15) is 0 Å². The maximum atomic E-state index is 6.23. The highest BCUT2D eigenvalue weighted by Gasteiger charge is 2.15. The summed E-state index contributed by atoms with van der Waals surface area (Å²) in [6.07, 6.45) is 0. The van der Waals surface area contributed by atoms with Gasteiger partial charge in [-0.25, -0.2) is 4.68 Å². The van der Waals surface area contributed by atoms with Crippen molar-refractivity contribution in [3.05, 3.63) is 58.6 Å². The molecule has 3 rings (SSSR count). The Morgan fingerprint density at radius 1 is 1.19 bits per heavy atom. The molecule has 0 aliphatic carbocycles. The predicted molar refractivity (Wildman–Crippen MR) is 83.0 cm³/mol. The number of anilines is 1. The molecule has 0 fully saturated rings. The van der Waals surface area contributed by atoms with Gasteiger partial charge in [0.15, 0.2) is 5.82 Å². The summed E-state index contributed by atoms with van der Waals surface area (Å²) in [6.45, 7) is 2.62. The molecular formula is C15H14ClN5. The Labute approximate surface area is 127 Å². The minimum absolute atomic E-state index is 0.537. The van der Waals surface area contributed by atoms with Gasteiger partial charge in [-0.2, -0.15) is 0 Å². The molecule has 0 unspecified atom stereocenters. The molecule has 0 atom stereocenters. The number of aromatic nitrogens is 4. The van der Waals surface area contributed by atoms with Crippen LogP contribution < -0.4 is 5.73 Å². The normalized spacial score (nSPS) is 10.8. The number of benzene rings is 2. The molecule has 3 aromatic rings. The lowest BCUT2D eigenvalue weighted by molar-refractivity contribution is 0.653. The van der Waals surface area contributed by atoms with E-state index in [2.05, 4.69) is 34.6 Å². The van der Waals surface area contributed by atoms with Crippen LogP contribution in [-0.2, 0) is 6.54 Å². The van der Waals surface area contributed by atoms with Crippen LogP contribution in [0.15, 0.2) is 42.5 Å². The first-order valence-electron chi connectivity index (χ1n) is 6.51. The highest BCUT2D eigenvalue weighted by Crippen LogP contribution is 2.31. The van der Waals surface area contributed by atoms with Crippen LogP contribution in [0.1, 0.15) is 11.1 Å². The predicted octanol–water partition coefficient (Wildman–Crippen LogP) is 2.93. The second kappa shape index (κ2) is 5.54. The van der Waals surface area contributed by atoms with Gasteiger partial charge >= 0.3 is 0 Å². The molecule has 5 nitrogen and oxygen atoms in total. The Hall–Kier alpha value is -2.40. The second-order valence-electron chi connectivity index (χ2n) is 4.85. The third-order valence-electron chi connectivity index (χ3n) is 3.22. The molecule has 0 radical (unpaired) electrons. The van der Waals surface area contributed by atoms with Crippen LogP contribution in [0.2, 0.25) is 5.02 Å². The van der Waals surface area contributed by atoms with Gasteiger partial charge in [0.25, 0.3) is 0 Å². The zero-order valence-corrected chi connectivity index (χ0v) is 12.2. The highest BCUT2D eigenvalue weighted by atomic mass is 35.5. The minimum Gasteiger partial charge on any atom is -0.398 e. The second-order valence-corrected chi connectivity index (χ2v) is 5.26. The first-order chi connectivity index (χ1) is 10.1. The summed E-state index contributed by atoms with van der Waals surface area (Å²) in [7, 11) is 0. The van der Waals surface area contributed by atoms with E-state index in [1.807, 2.05) is 12.1 Å². The highest BCUT2D eigenvalue weighted by molar-refractivity contribution is 6.33. The van der Waals surface area contributed by atoms with Crippen LogP contribution in [0.3, 0.4) is 0 Å². The van der Waals surface area contributed by atoms with Crippen molar-refractivity contribution in [2.24, 2.45) is 0 Å². The van der Waals surface area contributed by atoms with Crippen molar-refractivity contribution in [3.63, 3.8) is 0 Å². The van der Waals surface area contributed by atoms with E-state index in [-0.39, 0.29) is 0 Å². The standard InChI is InChI=1S/C15H14ClN5/c1-10-4-2-5-11(8-10)9-21-15(18-19-20-21)14-12(16)6-3-7-13(14)17/h2-8H,9,17H2,1H3. The zero-order chi connectivity index (χ0) is 14.8. The van der Waals surface area contributed by atoms with Crippen LogP contribution in [-0.4, -0.2) is 20.2 Å². The van der Waals surface area contributed by atoms with E-state index < -0.39 is 0 Å². The Kier molecular flexibility index (Phi) is 3.58. The molecule has 0 bridgehead atoms. The van der Waals surface area contributed by atoms with Gasteiger partial charge in [0.05, 0.1) is 17.1 Å². The Bertz CT molecular complexity index is 761. The zero-order valence-electron chi connectivity index (χ0n) is 11.5. The van der Waals surface area contributed by atoms with Gasteiger partial charge in [-0.05, 0) is 35.0 Å². The van der Waals surface area contributed by atoms with Crippen molar-refractivity contribution in [3.8, 4) is 11.4 Å². The van der Waals surface area contributed by atoms with Crippen LogP contribution in [0, 0.1) is 6.92 Å². The molecule has 2 N–H and O–H groups in total. The number of nitrogens with zero attached hydrogens (tertiary/aromatic N) is 4. The lowest BCUT2D eigenvalue weighted by Crippen LogP contribution is -2.06. The fraction of sp³-hybridized carbons (Fsp3) is 0.133. The molecule has 21 heavy (non-hydrogen) atoms. The molecule has 0 aliphatic heterocycles. The average molecular weight is 300 g/mol. The summed E-state index contributed by atoms with van der Waals surface area (Å²) >= 11 is 6.23. The van der Waals surface area contributed by atoms with Gasteiger partial charge in [-0.1, -0.05) is 47.5 Å². The van der Waals surface area contributed by atoms with Gasteiger partial charge < -0.3 is 5.73 Å². The molecule has 1 aromatic heterocycles. The lowest BCUT2D eigenvalue weighted by atomic mass is 10.1. The molecule has 0 amide bonds. The molecule has 0 spiro atoms. The summed E-state index contributed by atoms with van der Waals surface area (Å²) in [5, 5.41) is 12.4. The Balaban J connectivity index is 2.02. The van der Waals surface area contributed by atoms with E-state index in [1.54, 1.807) is 22.9 Å². The summed E-state index contributed by atoms with van der Waals surface area (Å²) in [5.74, 6) is 0.569. The fourth-order valence-electron chi connectivity index (χ4n) is 2.25. The third kappa shape index (κ3) is 2.73. The first-order valence-corrected chi connectivity index (χ1v) is 6.89. The molecule has 106 valence electrons. The Morgan fingerprint density at radius 3 is 2.76 bits per heavy atom. The average Bonchev–Trinajstić information content (AvgIpc) is 2.87. The van der Waals surface area contributed by atoms with Crippen molar-refractivity contribution >= 4 is 17.3 Å². The summed E-state index contributed by atoms with van der Waals surface area (Å²) in [5.41, 5.74) is 9.54. The molecule has 0 saturated heterocycles. The van der Waals surface area contributed by atoms with E-state index in [4.69, 9.17) is 17.3 Å². The number of rotatable bonds is 3. The van der Waals surface area contributed by atoms with Crippen LogP contribution >= 0.6 is 11.6 Å². The third-order valence-corrected chi connectivity index (χ3v) is 3.53. The minimum atomic E-state index is 0.537. The van der Waals surface area contributed by atoms with Gasteiger partial charge in [0.2, 0.25) is 0 Å². The van der Waals surface area contributed by atoms with E-state index in [0.29, 0.717) is 28.6 Å². The van der Waals surface area contributed by atoms with Crippen molar-refractivity contribution in [2.45, 2.75) is 13.5 Å². The maximum Gasteiger partial charge on any atom is 0.185 e. The van der Waals surface area contributed by atoms with Crippen molar-refractivity contribution < 1.29 is 0 Å². The van der Waals surface area contributed by atoms with Crippen LogP contribution in [0.4, 0.5) is 5.69 Å². The molecule has 0 aliphatic rings. The summed E-state index contributed by atoms with van der Waals surface area (Å²) in [4.78, 5) is 0. The molecule has 1 heterocycles. The van der Waals surface area contributed by atoms with Gasteiger partial charge in [0, 0.05) is 5.69 Å². The molecule has 0 saturated carbocycles. The number of nitrogens with two attached hydrogens (primary N) is 1. The summed E-state index contributed by atoms with van der Waals surface area (Å²) < 4.78 is 1.70. The monoisotopic (exact) mass is 299 g/mol. The molecular weight excluding hydrogens is 286 g/mol. The first kappa shape index (κ1) is 13.6. The van der Waals surface area contributed by atoms with Gasteiger partial charge in [-0.15, -0.1) is 5.10 Å².